The Morgan fingerprint density at radius 1 is 1.04 bits per heavy atom. The first-order chi connectivity index (χ1) is 13.1. The number of nitrogens with zero attached hydrogens (tertiary/aromatic N) is 3. The number of amides is 2. The molecule has 6 nitrogen and oxygen atoms in total. The lowest BCUT2D eigenvalue weighted by molar-refractivity contribution is -0.134. The van der Waals surface area contributed by atoms with Crippen LogP contribution in [-0.4, -0.2) is 45.8 Å². The monoisotopic (exact) mass is 364 g/mol. The van der Waals surface area contributed by atoms with Gasteiger partial charge in [0, 0.05) is 25.5 Å². The van der Waals surface area contributed by atoms with E-state index < -0.39 is 6.04 Å². The molecule has 1 N–H and O–H groups in total. The molecule has 6 heteroatoms. The summed E-state index contributed by atoms with van der Waals surface area (Å²) in [6, 6.07) is 8.54. The zero-order valence-electron chi connectivity index (χ0n) is 15.5. The Balaban J connectivity index is 1.34. The molecule has 2 amide bonds. The van der Waals surface area contributed by atoms with Gasteiger partial charge in [-0.2, -0.15) is 0 Å². The Bertz CT molecular complexity index is 821. The molecule has 140 valence electrons. The molecule has 1 saturated carbocycles. The molecule has 27 heavy (non-hydrogen) atoms. The van der Waals surface area contributed by atoms with Crippen molar-refractivity contribution in [3.05, 3.63) is 48.3 Å². The van der Waals surface area contributed by atoms with E-state index in [4.69, 9.17) is 0 Å². The second-order valence-electron chi connectivity index (χ2n) is 7.67. The second kappa shape index (κ2) is 7.10. The van der Waals surface area contributed by atoms with Crippen LogP contribution in [0.5, 0.6) is 0 Å². The number of nitrogens with one attached hydrogen (secondary N) is 1. The van der Waals surface area contributed by atoms with Crippen LogP contribution in [0.2, 0.25) is 0 Å². The number of pyridine rings is 2. The van der Waals surface area contributed by atoms with Gasteiger partial charge in [-0.25, -0.2) is 0 Å². The molecule has 2 aromatic heterocycles. The van der Waals surface area contributed by atoms with E-state index in [-0.39, 0.29) is 11.8 Å². The average molecular weight is 364 g/mol. The smallest absolute Gasteiger partial charge is 0.253 e. The number of carbonyl (C=O) groups excluding carboxylic acids is 2. The van der Waals surface area contributed by atoms with Crippen LogP contribution in [0.1, 0.15) is 43.0 Å². The molecule has 2 aromatic rings. The second-order valence-corrected chi connectivity index (χ2v) is 7.67. The number of rotatable bonds is 4. The Morgan fingerprint density at radius 3 is 2.37 bits per heavy atom. The van der Waals surface area contributed by atoms with E-state index in [2.05, 4.69) is 15.3 Å². The lowest BCUT2D eigenvalue weighted by Gasteiger charge is -2.33. The first-order valence-corrected chi connectivity index (χ1v) is 9.53. The zero-order valence-corrected chi connectivity index (χ0v) is 15.5. The quantitative estimate of drug-likeness (QED) is 0.905. The summed E-state index contributed by atoms with van der Waals surface area (Å²) in [7, 11) is 0. The van der Waals surface area contributed by atoms with Crippen LogP contribution < -0.4 is 5.32 Å². The largest absolute Gasteiger partial charge is 0.341 e. The number of aromatic nitrogens is 2. The first-order valence-electron chi connectivity index (χ1n) is 9.53. The number of carbonyl (C=O) groups is 2. The minimum Gasteiger partial charge on any atom is -0.341 e. The molecule has 0 aromatic carbocycles. The van der Waals surface area contributed by atoms with Crippen molar-refractivity contribution >= 4 is 11.8 Å². The Morgan fingerprint density at radius 2 is 1.78 bits per heavy atom. The molecule has 0 bridgehead atoms. The number of piperidine rings is 1. The SMILES string of the molecule is C[C@H](NC(=O)c1ccc(-c2ccccn2)nc1)C(=O)N1CCC2(CC1)CC2. The standard InChI is InChI=1S/C21H24N4O2/c1-15(20(27)25-12-9-21(7-8-21)10-13-25)24-19(26)16-5-6-18(23-14-16)17-4-2-3-11-22-17/h2-6,11,14-15H,7-10,12-13H2,1H3,(H,24,26)/t15-/m0/s1. The van der Waals surface area contributed by atoms with Crippen molar-refractivity contribution < 1.29 is 9.59 Å². The average Bonchev–Trinajstić information content (AvgIpc) is 3.47. The Kier molecular flexibility index (Phi) is 4.64. The third kappa shape index (κ3) is 3.84. The molecular weight excluding hydrogens is 340 g/mol. The minimum absolute atomic E-state index is 0.00286. The van der Waals surface area contributed by atoms with Crippen LogP contribution in [0.3, 0.4) is 0 Å². The highest BCUT2D eigenvalue weighted by molar-refractivity contribution is 5.97. The van der Waals surface area contributed by atoms with Crippen molar-refractivity contribution in [2.45, 2.75) is 38.6 Å². The molecule has 4 rings (SSSR count). The maximum atomic E-state index is 12.6. The molecule has 1 spiro atoms. The van der Waals surface area contributed by atoms with Crippen molar-refractivity contribution in [1.82, 2.24) is 20.2 Å². The van der Waals surface area contributed by atoms with E-state index in [0.29, 0.717) is 16.7 Å². The van der Waals surface area contributed by atoms with Crippen LogP contribution in [0.4, 0.5) is 0 Å². The van der Waals surface area contributed by atoms with Crippen LogP contribution >= 0.6 is 0 Å². The van der Waals surface area contributed by atoms with E-state index in [0.717, 1.165) is 31.6 Å². The first kappa shape index (κ1) is 17.6. The lowest BCUT2D eigenvalue weighted by atomic mass is 9.93. The van der Waals surface area contributed by atoms with E-state index in [1.807, 2.05) is 23.1 Å². The van der Waals surface area contributed by atoms with E-state index in [1.165, 1.54) is 19.0 Å². The molecule has 1 atom stereocenters. The van der Waals surface area contributed by atoms with Gasteiger partial charge in [0.05, 0.1) is 17.0 Å². The summed E-state index contributed by atoms with van der Waals surface area (Å²) in [5.74, 6) is -0.288. The van der Waals surface area contributed by atoms with E-state index >= 15 is 0 Å². The van der Waals surface area contributed by atoms with Gasteiger partial charge in [-0.05, 0) is 62.3 Å². The van der Waals surface area contributed by atoms with Gasteiger partial charge in [0.1, 0.15) is 6.04 Å². The van der Waals surface area contributed by atoms with Gasteiger partial charge in [-0.1, -0.05) is 6.07 Å². The van der Waals surface area contributed by atoms with Crippen LogP contribution in [0, 0.1) is 5.41 Å². The molecular formula is C21H24N4O2. The predicted octanol–water partition coefficient (Wildman–Crippen LogP) is 2.66. The number of hydrogen-bond acceptors (Lipinski definition) is 4. The van der Waals surface area contributed by atoms with Gasteiger partial charge in [0.15, 0.2) is 0 Å². The molecule has 1 aliphatic carbocycles. The lowest BCUT2D eigenvalue weighted by Crippen LogP contribution is -2.49. The Labute approximate surface area is 159 Å². The van der Waals surface area contributed by atoms with Gasteiger partial charge in [0.2, 0.25) is 5.91 Å². The topological polar surface area (TPSA) is 75.2 Å². The molecule has 0 radical (unpaired) electrons. The van der Waals surface area contributed by atoms with Crippen LogP contribution in [-0.2, 0) is 4.79 Å². The van der Waals surface area contributed by atoms with Crippen molar-refractivity contribution in [3.63, 3.8) is 0 Å². The summed E-state index contributed by atoms with van der Waals surface area (Å²) in [4.78, 5) is 35.5. The van der Waals surface area contributed by atoms with Crippen molar-refractivity contribution in [1.29, 1.82) is 0 Å². The van der Waals surface area contributed by atoms with Gasteiger partial charge in [-0.3, -0.25) is 19.6 Å². The molecule has 2 fully saturated rings. The summed E-state index contributed by atoms with van der Waals surface area (Å²) in [5.41, 5.74) is 2.43. The van der Waals surface area contributed by atoms with Crippen molar-refractivity contribution in [3.8, 4) is 11.4 Å². The summed E-state index contributed by atoms with van der Waals surface area (Å²) in [6.45, 7) is 3.36. The molecule has 1 saturated heterocycles. The number of likely N-dealkylation sites (tertiary alicyclic amines) is 1. The normalized spacial score (nSPS) is 18.8. The van der Waals surface area contributed by atoms with Gasteiger partial charge in [-0.15, -0.1) is 0 Å². The number of hydrogen-bond donors (Lipinski definition) is 1. The van der Waals surface area contributed by atoms with E-state index in [9.17, 15) is 9.59 Å². The highest BCUT2D eigenvalue weighted by Gasteiger charge is 2.45. The van der Waals surface area contributed by atoms with Gasteiger partial charge < -0.3 is 10.2 Å². The van der Waals surface area contributed by atoms with Crippen LogP contribution in [0.25, 0.3) is 11.4 Å². The highest BCUT2D eigenvalue weighted by Crippen LogP contribution is 2.53. The summed E-state index contributed by atoms with van der Waals surface area (Å²) >= 11 is 0. The maximum Gasteiger partial charge on any atom is 0.253 e. The maximum absolute atomic E-state index is 12.6. The minimum atomic E-state index is -0.541. The van der Waals surface area contributed by atoms with E-state index in [1.54, 1.807) is 25.3 Å². The molecule has 2 aliphatic rings. The highest BCUT2D eigenvalue weighted by atomic mass is 16.2. The predicted molar refractivity (Wildman–Crippen MR) is 102 cm³/mol. The summed E-state index contributed by atoms with van der Waals surface area (Å²) in [6.07, 6.45) is 8.03. The van der Waals surface area contributed by atoms with Crippen LogP contribution in [0.15, 0.2) is 42.7 Å². The fourth-order valence-corrected chi connectivity index (χ4v) is 3.69. The summed E-state index contributed by atoms with van der Waals surface area (Å²) in [5, 5.41) is 2.80. The van der Waals surface area contributed by atoms with Crippen molar-refractivity contribution in [2.24, 2.45) is 5.41 Å². The fraction of sp³-hybridized carbons (Fsp3) is 0.429. The Hall–Kier alpha value is -2.76. The van der Waals surface area contributed by atoms with Gasteiger partial charge in [0.25, 0.3) is 5.91 Å². The molecule has 0 unspecified atom stereocenters. The van der Waals surface area contributed by atoms with Crippen molar-refractivity contribution in [2.75, 3.05) is 13.1 Å². The van der Waals surface area contributed by atoms with Gasteiger partial charge >= 0.3 is 0 Å². The third-order valence-electron chi connectivity index (χ3n) is 5.76. The zero-order chi connectivity index (χ0) is 18.9. The fourth-order valence-electron chi connectivity index (χ4n) is 3.69. The summed E-state index contributed by atoms with van der Waals surface area (Å²) < 4.78 is 0. The molecule has 1 aliphatic heterocycles. The third-order valence-corrected chi connectivity index (χ3v) is 5.76. The molecule has 3 heterocycles.